The van der Waals surface area contributed by atoms with E-state index in [-0.39, 0.29) is 12.0 Å². The number of hydrogen-bond donors (Lipinski definition) is 4. The highest BCUT2D eigenvalue weighted by atomic mass is 16.5. The standard InChI is InChI=1S/C19H25N7O/c20-18-16-17(13-7-3-4-8-14(13)24-18)26-12(10-27-11-15(26)25-16)6-2-1-5-9-23-19(21)22/h3-4,7-8,12H,1-2,5-6,9-11H2,(H2,20,24)(H4,21,22,23)/t12-/m0/s1. The molecule has 0 bridgehead atoms. The Morgan fingerprint density at radius 3 is 2.96 bits per heavy atom. The molecule has 0 amide bonds. The molecule has 3 heterocycles. The maximum Gasteiger partial charge on any atom is 0.185 e. The Morgan fingerprint density at radius 1 is 1.26 bits per heavy atom. The van der Waals surface area contributed by atoms with E-state index in [1.807, 2.05) is 18.2 Å². The molecule has 0 saturated heterocycles. The lowest BCUT2D eigenvalue weighted by Gasteiger charge is -2.26. The number of imidazole rings is 1. The van der Waals surface area contributed by atoms with Gasteiger partial charge in [0.15, 0.2) is 11.8 Å². The van der Waals surface area contributed by atoms with Crippen molar-refractivity contribution >= 4 is 33.7 Å². The van der Waals surface area contributed by atoms with Gasteiger partial charge in [-0.25, -0.2) is 9.97 Å². The van der Waals surface area contributed by atoms with E-state index < -0.39 is 0 Å². The normalized spacial score (nSPS) is 16.5. The SMILES string of the molecule is N=C(N)NCCCCC[C@H]1COCc2nc3c(N)nc4ccccc4c3n21. The number of hydrogen-bond acceptors (Lipinski definition) is 5. The molecule has 1 aromatic carbocycles. The number of ether oxygens (including phenoxy) is 1. The number of pyridine rings is 1. The number of anilines is 1. The van der Waals surface area contributed by atoms with Gasteiger partial charge in [0.1, 0.15) is 17.9 Å². The summed E-state index contributed by atoms with van der Waals surface area (Å²) in [5.74, 6) is 1.42. The Hall–Kier alpha value is -2.87. The number of benzene rings is 1. The molecule has 6 N–H and O–H groups in total. The van der Waals surface area contributed by atoms with Crippen LogP contribution in [0.5, 0.6) is 0 Å². The number of nitrogens with zero attached hydrogens (tertiary/aromatic N) is 3. The smallest absolute Gasteiger partial charge is 0.185 e. The molecule has 8 heteroatoms. The van der Waals surface area contributed by atoms with Gasteiger partial charge >= 0.3 is 0 Å². The minimum atomic E-state index is 0.0308. The first-order valence-electron chi connectivity index (χ1n) is 9.36. The van der Waals surface area contributed by atoms with Gasteiger partial charge in [0.25, 0.3) is 0 Å². The average molecular weight is 367 g/mol. The van der Waals surface area contributed by atoms with Crippen LogP contribution >= 0.6 is 0 Å². The van der Waals surface area contributed by atoms with Crippen LogP contribution in [0, 0.1) is 5.41 Å². The van der Waals surface area contributed by atoms with Gasteiger partial charge in [-0.05, 0) is 18.9 Å². The van der Waals surface area contributed by atoms with E-state index in [1.165, 1.54) is 0 Å². The van der Waals surface area contributed by atoms with E-state index in [0.717, 1.165) is 60.0 Å². The summed E-state index contributed by atoms with van der Waals surface area (Å²) in [7, 11) is 0. The van der Waals surface area contributed by atoms with E-state index >= 15 is 0 Å². The molecular weight excluding hydrogens is 342 g/mol. The summed E-state index contributed by atoms with van der Waals surface area (Å²) >= 11 is 0. The zero-order valence-corrected chi connectivity index (χ0v) is 15.2. The lowest BCUT2D eigenvalue weighted by atomic mass is 10.1. The highest BCUT2D eigenvalue weighted by molar-refractivity contribution is 6.06. The van der Waals surface area contributed by atoms with Gasteiger partial charge in [0, 0.05) is 11.9 Å². The summed E-state index contributed by atoms with van der Waals surface area (Å²) in [6.07, 6.45) is 4.15. The van der Waals surface area contributed by atoms with Crippen molar-refractivity contribution in [2.24, 2.45) is 5.73 Å². The van der Waals surface area contributed by atoms with Crippen LogP contribution in [0.3, 0.4) is 0 Å². The molecule has 0 spiro atoms. The van der Waals surface area contributed by atoms with Gasteiger partial charge in [-0.3, -0.25) is 5.41 Å². The molecule has 1 aliphatic heterocycles. The van der Waals surface area contributed by atoms with Crippen LogP contribution in [0.25, 0.3) is 21.9 Å². The zero-order chi connectivity index (χ0) is 18.8. The second-order valence-electron chi connectivity index (χ2n) is 6.97. The van der Waals surface area contributed by atoms with Gasteiger partial charge < -0.3 is 26.1 Å². The van der Waals surface area contributed by atoms with Crippen LogP contribution in [0.2, 0.25) is 0 Å². The summed E-state index contributed by atoms with van der Waals surface area (Å²) in [5.41, 5.74) is 14.2. The zero-order valence-electron chi connectivity index (χ0n) is 15.2. The Bertz CT molecular complexity index is 981. The van der Waals surface area contributed by atoms with E-state index in [1.54, 1.807) is 0 Å². The Labute approximate surface area is 157 Å². The molecule has 8 nitrogen and oxygen atoms in total. The predicted octanol–water partition coefficient (Wildman–Crippen LogP) is 2.28. The van der Waals surface area contributed by atoms with Gasteiger partial charge in [0.2, 0.25) is 0 Å². The van der Waals surface area contributed by atoms with Gasteiger partial charge in [-0.1, -0.05) is 31.0 Å². The fraction of sp³-hybridized carbons (Fsp3) is 0.421. The van der Waals surface area contributed by atoms with E-state index in [2.05, 4.69) is 20.9 Å². The molecule has 1 aliphatic rings. The summed E-state index contributed by atoms with van der Waals surface area (Å²) < 4.78 is 8.11. The molecule has 0 aliphatic carbocycles. The fourth-order valence-corrected chi connectivity index (χ4v) is 3.84. The number of rotatable bonds is 6. The largest absolute Gasteiger partial charge is 0.382 e. The van der Waals surface area contributed by atoms with Crippen LogP contribution < -0.4 is 16.8 Å². The number of fused-ring (bicyclic) bond motifs is 5. The first-order valence-corrected chi connectivity index (χ1v) is 9.36. The van der Waals surface area contributed by atoms with Gasteiger partial charge in [-0.15, -0.1) is 0 Å². The predicted molar refractivity (Wildman–Crippen MR) is 107 cm³/mol. The number of unbranched alkanes of at least 4 members (excludes halogenated alkanes) is 2. The van der Waals surface area contributed by atoms with Crippen molar-refractivity contribution < 1.29 is 4.74 Å². The van der Waals surface area contributed by atoms with Crippen LogP contribution in [-0.2, 0) is 11.3 Å². The number of nitrogens with two attached hydrogens (primary N) is 2. The molecule has 0 saturated carbocycles. The Morgan fingerprint density at radius 2 is 2.11 bits per heavy atom. The summed E-state index contributed by atoms with van der Waals surface area (Å²) in [5, 5.41) is 11.1. The Balaban J connectivity index is 1.60. The third-order valence-corrected chi connectivity index (χ3v) is 5.06. The number of nitrogen functional groups attached to an aromatic ring is 1. The maximum absolute atomic E-state index is 7.18. The number of para-hydroxylation sites is 1. The maximum atomic E-state index is 7.18. The lowest BCUT2D eigenvalue weighted by molar-refractivity contribution is 0.0531. The molecule has 142 valence electrons. The molecule has 1 atom stereocenters. The highest BCUT2D eigenvalue weighted by Crippen LogP contribution is 2.34. The second-order valence-corrected chi connectivity index (χ2v) is 6.97. The third kappa shape index (κ3) is 3.40. The lowest BCUT2D eigenvalue weighted by Crippen LogP contribution is -2.30. The van der Waals surface area contributed by atoms with E-state index in [9.17, 15) is 0 Å². The molecule has 2 aromatic heterocycles. The minimum absolute atomic E-state index is 0.0308. The topological polar surface area (TPSA) is 128 Å². The first kappa shape index (κ1) is 17.5. The monoisotopic (exact) mass is 367 g/mol. The van der Waals surface area contributed by atoms with Gasteiger partial charge in [-0.2, -0.15) is 0 Å². The molecular formula is C19H25N7O. The van der Waals surface area contributed by atoms with E-state index in [0.29, 0.717) is 19.0 Å². The molecule has 0 unspecified atom stereocenters. The van der Waals surface area contributed by atoms with E-state index in [4.69, 9.17) is 26.6 Å². The van der Waals surface area contributed by atoms with Crippen LogP contribution in [0.15, 0.2) is 24.3 Å². The Kier molecular flexibility index (Phi) is 4.81. The van der Waals surface area contributed by atoms with Crippen molar-refractivity contribution in [3.63, 3.8) is 0 Å². The molecule has 27 heavy (non-hydrogen) atoms. The summed E-state index contributed by atoms with van der Waals surface area (Å²) in [4.78, 5) is 9.24. The average Bonchev–Trinajstić information content (AvgIpc) is 3.06. The van der Waals surface area contributed by atoms with Crippen molar-refractivity contribution in [2.45, 2.75) is 38.3 Å². The molecule has 0 fully saturated rings. The third-order valence-electron chi connectivity index (χ3n) is 5.06. The number of guanidine groups is 1. The molecule has 3 aromatic rings. The van der Waals surface area contributed by atoms with Crippen molar-refractivity contribution in [2.75, 3.05) is 18.9 Å². The quantitative estimate of drug-likeness (QED) is 0.301. The van der Waals surface area contributed by atoms with Crippen molar-refractivity contribution in [3.05, 3.63) is 30.1 Å². The highest BCUT2D eigenvalue weighted by Gasteiger charge is 2.26. The summed E-state index contributed by atoms with van der Waals surface area (Å²) in [6, 6.07) is 8.31. The van der Waals surface area contributed by atoms with Crippen LogP contribution in [0.4, 0.5) is 5.82 Å². The van der Waals surface area contributed by atoms with Gasteiger partial charge in [0.05, 0.1) is 23.7 Å². The number of aromatic nitrogens is 3. The van der Waals surface area contributed by atoms with Crippen molar-refractivity contribution in [3.8, 4) is 0 Å². The van der Waals surface area contributed by atoms with Crippen LogP contribution in [-0.4, -0.2) is 33.6 Å². The minimum Gasteiger partial charge on any atom is -0.382 e. The molecule has 4 rings (SSSR count). The van der Waals surface area contributed by atoms with Crippen molar-refractivity contribution in [1.82, 2.24) is 19.9 Å². The first-order chi connectivity index (χ1) is 13.1. The number of nitrogens with one attached hydrogen (secondary N) is 2. The molecule has 0 radical (unpaired) electrons. The fourth-order valence-electron chi connectivity index (χ4n) is 3.84. The van der Waals surface area contributed by atoms with Crippen LogP contribution in [0.1, 0.15) is 37.5 Å². The second kappa shape index (κ2) is 7.40. The summed E-state index contributed by atoms with van der Waals surface area (Å²) in [6.45, 7) is 1.92. The van der Waals surface area contributed by atoms with Crippen molar-refractivity contribution in [1.29, 1.82) is 5.41 Å².